The van der Waals surface area contributed by atoms with Crippen molar-refractivity contribution in [1.82, 2.24) is 0 Å². The molecule has 0 N–H and O–H groups in total. The van der Waals surface area contributed by atoms with E-state index in [0.29, 0.717) is 0 Å². The van der Waals surface area contributed by atoms with Gasteiger partial charge in [0.15, 0.2) is 0 Å². The second-order valence-electron chi connectivity index (χ2n) is 8.49. The SMILES string of the molecule is C=Cc1c(CCCCCCCCCCCCC)ccc2c1Cc1ccccc1-2. The monoisotopic (exact) mass is 374 g/mol. The van der Waals surface area contributed by atoms with Crippen LogP contribution in [0.5, 0.6) is 0 Å². The largest absolute Gasteiger partial charge is 0.0984 e. The Hall–Kier alpha value is -1.82. The Morgan fingerprint density at radius 3 is 2.07 bits per heavy atom. The smallest absolute Gasteiger partial charge is 0.000741 e. The van der Waals surface area contributed by atoms with Gasteiger partial charge in [-0.1, -0.05) is 120 Å². The summed E-state index contributed by atoms with van der Waals surface area (Å²) in [6, 6.07) is 13.5. The molecule has 0 aromatic heterocycles. The summed E-state index contributed by atoms with van der Waals surface area (Å²) in [4.78, 5) is 0. The number of benzene rings is 2. The first-order chi connectivity index (χ1) is 13.8. The Morgan fingerprint density at radius 2 is 1.39 bits per heavy atom. The molecule has 3 rings (SSSR count). The highest BCUT2D eigenvalue weighted by Crippen LogP contribution is 2.39. The van der Waals surface area contributed by atoms with Crippen molar-refractivity contribution in [3.05, 3.63) is 65.2 Å². The molecular weight excluding hydrogens is 336 g/mol. The Morgan fingerprint density at radius 1 is 0.750 bits per heavy atom. The third-order valence-electron chi connectivity index (χ3n) is 6.38. The molecule has 2 aromatic rings. The van der Waals surface area contributed by atoms with Crippen LogP contribution in [0.25, 0.3) is 17.2 Å². The van der Waals surface area contributed by atoms with Crippen molar-refractivity contribution in [1.29, 1.82) is 0 Å². The van der Waals surface area contributed by atoms with Crippen LogP contribution in [-0.4, -0.2) is 0 Å². The van der Waals surface area contributed by atoms with E-state index in [2.05, 4.69) is 56.0 Å². The van der Waals surface area contributed by atoms with Crippen LogP contribution in [-0.2, 0) is 12.8 Å². The Bertz CT molecular complexity index is 753. The molecule has 0 amide bonds. The third kappa shape index (κ3) is 5.37. The molecule has 0 saturated heterocycles. The van der Waals surface area contributed by atoms with Crippen molar-refractivity contribution in [2.45, 2.75) is 90.4 Å². The molecule has 150 valence electrons. The van der Waals surface area contributed by atoms with Crippen LogP contribution in [0.2, 0.25) is 0 Å². The molecule has 0 saturated carbocycles. The van der Waals surface area contributed by atoms with Crippen molar-refractivity contribution in [3.8, 4) is 11.1 Å². The highest BCUT2D eigenvalue weighted by atomic mass is 14.2. The Labute approximate surface area is 173 Å². The highest BCUT2D eigenvalue weighted by Gasteiger charge is 2.21. The maximum atomic E-state index is 4.14. The molecule has 0 heteroatoms. The van der Waals surface area contributed by atoms with Gasteiger partial charge in [-0.2, -0.15) is 0 Å². The molecule has 0 spiro atoms. The summed E-state index contributed by atoms with van der Waals surface area (Å²) >= 11 is 0. The number of unbranched alkanes of at least 4 members (excludes halogenated alkanes) is 10. The van der Waals surface area contributed by atoms with E-state index in [1.807, 2.05) is 0 Å². The minimum atomic E-state index is 1.07. The maximum Gasteiger partial charge on any atom is -0.000741 e. The fraction of sp³-hybridized carbons (Fsp3) is 0.500. The molecule has 0 fully saturated rings. The van der Waals surface area contributed by atoms with E-state index in [1.165, 1.54) is 110 Å². The highest BCUT2D eigenvalue weighted by molar-refractivity contribution is 5.81. The van der Waals surface area contributed by atoms with E-state index >= 15 is 0 Å². The average Bonchev–Trinajstić information content (AvgIpc) is 3.10. The molecule has 0 aliphatic heterocycles. The lowest BCUT2D eigenvalue weighted by Crippen LogP contribution is -1.96. The maximum absolute atomic E-state index is 4.14. The van der Waals surface area contributed by atoms with Crippen LogP contribution in [0.3, 0.4) is 0 Å². The topological polar surface area (TPSA) is 0 Å². The fourth-order valence-corrected chi connectivity index (χ4v) is 4.74. The minimum absolute atomic E-state index is 1.07. The van der Waals surface area contributed by atoms with Crippen LogP contribution in [0, 0.1) is 0 Å². The molecular formula is C28H38. The summed E-state index contributed by atoms with van der Waals surface area (Å²) in [5, 5.41) is 0. The molecule has 0 radical (unpaired) electrons. The first kappa shape index (κ1) is 20.9. The van der Waals surface area contributed by atoms with E-state index in [9.17, 15) is 0 Å². The normalized spacial score (nSPS) is 12.0. The summed E-state index contributed by atoms with van der Waals surface area (Å²) in [5.41, 5.74) is 8.71. The van der Waals surface area contributed by atoms with Gasteiger partial charge >= 0.3 is 0 Å². The summed E-state index contributed by atoms with van der Waals surface area (Å²) < 4.78 is 0. The van der Waals surface area contributed by atoms with Crippen molar-refractivity contribution < 1.29 is 0 Å². The van der Waals surface area contributed by atoms with Gasteiger partial charge in [-0.15, -0.1) is 0 Å². The number of fused-ring (bicyclic) bond motifs is 3. The predicted molar refractivity (Wildman–Crippen MR) is 125 cm³/mol. The Kier molecular flexibility index (Phi) is 8.40. The van der Waals surface area contributed by atoms with Gasteiger partial charge < -0.3 is 0 Å². The zero-order valence-corrected chi connectivity index (χ0v) is 17.9. The van der Waals surface area contributed by atoms with Gasteiger partial charge in [0.05, 0.1) is 0 Å². The van der Waals surface area contributed by atoms with E-state index in [4.69, 9.17) is 0 Å². The van der Waals surface area contributed by atoms with Gasteiger partial charge in [0.2, 0.25) is 0 Å². The minimum Gasteiger partial charge on any atom is -0.0984 e. The molecule has 28 heavy (non-hydrogen) atoms. The molecule has 2 aromatic carbocycles. The number of hydrogen-bond acceptors (Lipinski definition) is 0. The first-order valence-corrected chi connectivity index (χ1v) is 11.7. The summed E-state index contributed by atoms with van der Waals surface area (Å²) in [7, 11) is 0. The van der Waals surface area contributed by atoms with Crippen molar-refractivity contribution in [2.24, 2.45) is 0 Å². The first-order valence-electron chi connectivity index (χ1n) is 11.7. The lowest BCUT2D eigenvalue weighted by Gasteiger charge is -2.12. The van der Waals surface area contributed by atoms with Crippen LogP contribution in [0.15, 0.2) is 43.0 Å². The van der Waals surface area contributed by atoms with Gasteiger partial charge in [-0.05, 0) is 52.6 Å². The third-order valence-corrected chi connectivity index (χ3v) is 6.38. The summed E-state index contributed by atoms with van der Waals surface area (Å²) in [5.74, 6) is 0. The van der Waals surface area contributed by atoms with Gasteiger partial charge in [0, 0.05) is 0 Å². The van der Waals surface area contributed by atoms with Crippen LogP contribution in [0.4, 0.5) is 0 Å². The molecule has 1 aliphatic rings. The van der Waals surface area contributed by atoms with Gasteiger partial charge in [-0.3, -0.25) is 0 Å². The molecule has 0 atom stereocenters. The van der Waals surface area contributed by atoms with Crippen molar-refractivity contribution in [2.75, 3.05) is 0 Å². The second kappa shape index (κ2) is 11.2. The summed E-state index contributed by atoms with van der Waals surface area (Å²) in [6.45, 7) is 6.43. The molecule has 0 bridgehead atoms. The van der Waals surface area contributed by atoms with Crippen LogP contribution in [0.1, 0.15) is 99.8 Å². The second-order valence-corrected chi connectivity index (χ2v) is 8.49. The standard InChI is InChI=1S/C28H38/c1-3-5-6-7-8-9-10-11-12-13-14-17-23-20-21-27-26-19-16-15-18-24(26)22-28(27)25(23)4-2/h4,15-16,18-21H,2-3,5-14,17,22H2,1H3. The molecule has 0 heterocycles. The predicted octanol–water partition coefficient (Wildman–Crippen LogP) is 8.75. The van der Waals surface area contributed by atoms with Gasteiger partial charge in [0.25, 0.3) is 0 Å². The van der Waals surface area contributed by atoms with Crippen molar-refractivity contribution >= 4 is 6.08 Å². The van der Waals surface area contributed by atoms with Crippen molar-refractivity contribution in [3.63, 3.8) is 0 Å². The average molecular weight is 375 g/mol. The summed E-state index contributed by atoms with van der Waals surface area (Å²) in [6.07, 6.45) is 19.8. The number of hydrogen-bond donors (Lipinski definition) is 0. The number of aryl methyl sites for hydroxylation is 1. The van der Waals surface area contributed by atoms with Crippen LogP contribution < -0.4 is 0 Å². The zero-order valence-electron chi connectivity index (χ0n) is 17.9. The van der Waals surface area contributed by atoms with E-state index in [1.54, 1.807) is 0 Å². The molecule has 1 aliphatic carbocycles. The van der Waals surface area contributed by atoms with Gasteiger partial charge in [0.1, 0.15) is 0 Å². The van der Waals surface area contributed by atoms with Gasteiger partial charge in [-0.25, -0.2) is 0 Å². The number of rotatable bonds is 13. The van der Waals surface area contributed by atoms with E-state index in [-0.39, 0.29) is 0 Å². The van der Waals surface area contributed by atoms with E-state index in [0.717, 1.165) is 6.42 Å². The lowest BCUT2D eigenvalue weighted by atomic mass is 9.93. The zero-order chi connectivity index (χ0) is 19.6. The fourth-order valence-electron chi connectivity index (χ4n) is 4.74. The molecule has 0 unspecified atom stereocenters. The molecule has 0 nitrogen and oxygen atoms in total. The quantitative estimate of drug-likeness (QED) is 0.262. The lowest BCUT2D eigenvalue weighted by molar-refractivity contribution is 0.549. The Balaban J connectivity index is 1.40. The van der Waals surface area contributed by atoms with Crippen LogP contribution >= 0.6 is 0 Å². The van der Waals surface area contributed by atoms with E-state index < -0.39 is 0 Å².